The van der Waals surface area contributed by atoms with Crippen molar-refractivity contribution in [1.29, 1.82) is 0 Å². The molecule has 1 saturated heterocycles. The fourth-order valence-corrected chi connectivity index (χ4v) is 2.29. The van der Waals surface area contributed by atoms with Crippen molar-refractivity contribution >= 4 is 11.6 Å². The first kappa shape index (κ1) is 15.2. The summed E-state index contributed by atoms with van der Waals surface area (Å²) in [6.07, 6.45) is 1.65. The molecule has 21 heavy (non-hydrogen) atoms. The van der Waals surface area contributed by atoms with Crippen LogP contribution in [0.4, 0.5) is 5.69 Å². The van der Waals surface area contributed by atoms with Gasteiger partial charge in [0.05, 0.1) is 4.92 Å². The van der Waals surface area contributed by atoms with Gasteiger partial charge in [-0.1, -0.05) is 6.07 Å². The summed E-state index contributed by atoms with van der Waals surface area (Å²) < 4.78 is 5.65. The van der Waals surface area contributed by atoms with Crippen LogP contribution in [0, 0.1) is 10.1 Å². The van der Waals surface area contributed by atoms with E-state index < -0.39 is 11.0 Å². The lowest BCUT2D eigenvalue weighted by Crippen LogP contribution is -2.36. The zero-order chi connectivity index (χ0) is 15.2. The molecule has 0 spiro atoms. The fourth-order valence-electron chi connectivity index (χ4n) is 2.29. The standard InChI is InChI=1S/C14H19N3O4/c1-15-9-10-5-6-11(17(19)20)13(8-10)21-12-4-2-3-7-16-14(12)18/h5-6,8,12,15H,2-4,7,9H2,1H3,(H,16,18). The van der Waals surface area contributed by atoms with Crippen LogP contribution in [0.3, 0.4) is 0 Å². The van der Waals surface area contributed by atoms with E-state index >= 15 is 0 Å². The third-order valence-corrected chi connectivity index (χ3v) is 3.36. The van der Waals surface area contributed by atoms with Crippen molar-refractivity contribution in [3.8, 4) is 5.75 Å². The SMILES string of the molecule is CNCc1ccc([N+](=O)[O-])c(OC2CCCCNC2=O)c1. The van der Waals surface area contributed by atoms with Crippen molar-refractivity contribution in [3.05, 3.63) is 33.9 Å². The van der Waals surface area contributed by atoms with Gasteiger partial charge in [0.2, 0.25) is 0 Å². The second kappa shape index (κ2) is 7.03. The van der Waals surface area contributed by atoms with E-state index in [1.165, 1.54) is 6.07 Å². The molecule has 0 radical (unpaired) electrons. The van der Waals surface area contributed by atoms with Crippen LogP contribution in [0.2, 0.25) is 0 Å². The van der Waals surface area contributed by atoms with Crippen molar-refractivity contribution < 1.29 is 14.5 Å². The van der Waals surface area contributed by atoms with Crippen molar-refractivity contribution in [3.63, 3.8) is 0 Å². The largest absolute Gasteiger partial charge is 0.473 e. The highest BCUT2D eigenvalue weighted by molar-refractivity contribution is 5.81. The molecule has 0 bridgehead atoms. The van der Waals surface area contributed by atoms with Gasteiger partial charge < -0.3 is 15.4 Å². The number of hydrogen-bond acceptors (Lipinski definition) is 5. The lowest BCUT2D eigenvalue weighted by molar-refractivity contribution is -0.386. The normalized spacial score (nSPS) is 18.7. The lowest BCUT2D eigenvalue weighted by Gasteiger charge is -2.16. The molecule has 1 aromatic carbocycles. The molecule has 2 N–H and O–H groups in total. The summed E-state index contributed by atoms with van der Waals surface area (Å²) >= 11 is 0. The smallest absolute Gasteiger partial charge is 0.310 e. The van der Waals surface area contributed by atoms with Crippen LogP contribution in [0.15, 0.2) is 18.2 Å². The Balaban J connectivity index is 2.24. The first-order valence-electron chi connectivity index (χ1n) is 6.98. The molecule has 7 nitrogen and oxygen atoms in total. The third-order valence-electron chi connectivity index (χ3n) is 3.36. The summed E-state index contributed by atoms with van der Waals surface area (Å²) in [7, 11) is 1.79. The topological polar surface area (TPSA) is 93.5 Å². The summed E-state index contributed by atoms with van der Waals surface area (Å²) in [5.41, 5.74) is 0.749. The maximum absolute atomic E-state index is 11.9. The number of hydrogen-bond donors (Lipinski definition) is 2. The van der Waals surface area contributed by atoms with Gasteiger partial charge in [0.25, 0.3) is 5.91 Å². The second-order valence-electron chi connectivity index (χ2n) is 4.98. The van der Waals surface area contributed by atoms with Gasteiger partial charge in [0, 0.05) is 19.2 Å². The second-order valence-corrected chi connectivity index (χ2v) is 4.98. The van der Waals surface area contributed by atoms with Gasteiger partial charge >= 0.3 is 5.69 Å². The Kier molecular flexibility index (Phi) is 5.10. The van der Waals surface area contributed by atoms with E-state index in [0.29, 0.717) is 19.5 Å². The molecule has 114 valence electrons. The van der Waals surface area contributed by atoms with E-state index in [1.54, 1.807) is 19.2 Å². The fraction of sp³-hybridized carbons (Fsp3) is 0.500. The average molecular weight is 293 g/mol. The van der Waals surface area contributed by atoms with Gasteiger partial charge in [-0.2, -0.15) is 0 Å². The quantitative estimate of drug-likeness (QED) is 0.631. The van der Waals surface area contributed by atoms with Gasteiger partial charge in [-0.3, -0.25) is 14.9 Å². The number of benzene rings is 1. The molecule has 1 fully saturated rings. The van der Waals surface area contributed by atoms with Gasteiger partial charge in [0.1, 0.15) is 0 Å². The number of nitrogens with zero attached hydrogens (tertiary/aromatic N) is 1. The maximum atomic E-state index is 11.9. The molecular formula is C14H19N3O4. The number of nitro benzene ring substituents is 1. The first-order chi connectivity index (χ1) is 10.1. The molecule has 1 atom stereocenters. The Bertz CT molecular complexity index is 533. The van der Waals surface area contributed by atoms with Gasteiger partial charge in [-0.25, -0.2) is 0 Å². The summed E-state index contributed by atoms with van der Waals surface area (Å²) in [5.74, 6) is -0.0596. The van der Waals surface area contributed by atoms with Crippen LogP contribution in [0.5, 0.6) is 5.75 Å². The minimum atomic E-state index is -0.670. The molecule has 0 saturated carbocycles. The van der Waals surface area contributed by atoms with Crippen molar-refractivity contribution in [1.82, 2.24) is 10.6 Å². The van der Waals surface area contributed by atoms with E-state index in [2.05, 4.69) is 10.6 Å². The molecule has 1 aliphatic heterocycles. The van der Waals surface area contributed by atoms with Crippen LogP contribution in [-0.2, 0) is 11.3 Å². The Hall–Kier alpha value is -2.15. The Morgan fingerprint density at radius 1 is 1.48 bits per heavy atom. The number of rotatable bonds is 5. The van der Waals surface area contributed by atoms with Crippen molar-refractivity contribution in [2.45, 2.75) is 31.9 Å². The van der Waals surface area contributed by atoms with Gasteiger partial charge in [-0.15, -0.1) is 0 Å². The highest BCUT2D eigenvalue weighted by Crippen LogP contribution is 2.30. The molecule has 0 aromatic heterocycles. The summed E-state index contributed by atoms with van der Waals surface area (Å²) in [4.78, 5) is 22.5. The number of nitrogens with one attached hydrogen (secondary N) is 2. The monoisotopic (exact) mass is 293 g/mol. The van der Waals surface area contributed by atoms with E-state index in [-0.39, 0.29) is 17.3 Å². The Morgan fingerprint density at radius 2 is 2.29 bits per heavy atom. The van der Waals surface area contributed by atoms with E-state index in [0.717, 1.165) is 18.4 Å². The van der Waals surface area contributed by atoms with Crippen molar-refractivity contribution in [2.24, 2.45) is 0 Å². The molecule has 1 heterocycles. The molecule has 1 aliphatic rings. The third kappa shape index (κ3) is 3.91. The predicted molar refractivity (Wildman–Crippen MR) is 77.1 cm³/mol. The molecule has 0 aliphatic carbocycles. The number of carbonyl (C=O) groups excluding carboxylic acids is 1. The zero-order valence-corrected chi connectivity index (χ0v) is 11.9. The molecule has 1 amide bonds. The zero-order valence-electron chi connectivity index (χ0n) is 11.9. The number of nitro groups is 1. The van der Waals surface area contributed by atoms with Crippen molar-refractivity contribution in [2.75, 3.05) is 13.6 Å². The van der Waals surface area contributed by atoms with Crippen LogP contribution in [-0.4, -0.2) is 30.5 Å². The summed E-state index contributed by atoms with van der Waals surface area (Å²) in [5, 5.41) is 16.8. The first-order valence-corrected chi connectivity index (χ1v) is 6.98. The molecular weight excluding hydrogens is 274 g/mol. The van der Waals surface area contributed by atoms with Crippen LogP contribution in [0.1, 0.15) is 24.8 Å². The highest BCUT2D eigenvalue weighted by Gasteiger charge is 2.26. The number of carbonyl (C=O) groups is 1. The maximum Gasteiger partial charge on any atom is 0.310 e. The molecule has 1 unspecified atom stereocenters. The molecule has 7 heteroatoms. The van der Waals surface area contributed by atoms with Crippen LogP contribution >= 0.6 is 0 Å². The lowest BCUT2D eigenvalue weighted by atomic mass is 10.1. The summed E-state index contributed by atoms with van der Waals surface area (Å²) in [6.45, 7) is 1.20. The number of ether oxygens (including phenoxy) is 1. The molecule has 2 rings (SSSR count). The summed E-state index contributed by atoms with van der Waals surface area (Å²) in [6, 6.07) is 4.71. The molecule has 1 aromatic rings. The number of amides is 1. The highest BCUT2D eigenvalue weighted by atomic mass is 16.6. The van der Waals surface area contributed by atoms with Crippen LogP contribution in [0.25, 0.3) is 0 Å². The predicted octanol–water partition coefficient (Wildman–Crippen LogP) is 1.36. The van der Waals surface area contributed by atoms with Gasteiger partial charge in [0.15, 0.2) is 11.9 Å². The van der Waals surface area contributed by atoms with Crippen LogP contribution < -0.4 is 15.4 Å². The Morgan fingerprint density at radius 3 is 3.00 bits per heavy atom. The minimum absolute atomic E-state index is 0.119. The van der Waals surface area contributed by atoms with E-state index in [1.807, 2.05) is 0 Å². The van der Waals surface area contributed by atoms with E-state index in [9.17, 15) is 14.9 Å². The van der Waals surface area contributed by atoms with Gasteiger partial charge in [-0.05, 0) is 37.9 Å². The average Bonchev–Trinajstić information content (AvgIpc) is 2.64. The Labute approximate surface area is 122 Å². The van der Waals surface area contributed by atoms with E-state index in [4.69, 9.17) is 4.74 Å². The minimum Gasteiger partial charge on any atom is -0.473 e.